The number of sulfonamides is 1. The lowest BCUT2D eigenvalue weighted by Gasteiger charge is -2.26. The second kappa shape index (κ2) is 6.74. The Morgan fingerprint density at radius 2 is 2.05 bits per heavy atom. The van der Waals surface area contributed by atoms with Gasteiger partial charge in [-0.1, -0.05) is 26.7 Å². The lowest BCUT2D eigenvalue weighted by atomic mass is 10.2. The Kier molecular flexibility index (Phi) is 5.23. The van der Waals surface area contributed by atoms with Gasteiger partial charge in [-0.25, -0.2) is 8.42 Å². The summed E-state index contributed by atoms with van der Waals surface area (Å²) in [4.78, 5) is 3.44. The van der Waals surface area contributed by atoms with Crippen molar-refractivity contribution in [1.29, 1.82) is 0 Å². The molecule has 5 nitrogen and oxygen atoms in total. The lowest BCUT2D eigenvalue weighted by Crippen LogP contribution is -2.38. The molecule has 114 valence electrons. The van der Waals surface area contributed by atoms with Gasteiger partial charge in [0.15, 0.2) is 0 Å². The van der Waals surface area contributed by atoms with E-state index in [-0.39, 0.29) is 6.04 Å². The summed E-state index contributed by atoms with van der Waals surface area (Å²) in [5.74, 6) is 0. The molecular weight excluding hydrogens is 274 g/mol. The Balaban J connectivity index is 2.17. The van der Waals surface area contributed by atoms with Crippen LogP contribution in [0.5, 0.6) is 0 Å². The highest BCUT2D eigenvalue weighted by Gasteiger charge is 2.32. The molecule has 0 aromatic carbocycles. The minimum absolute atomic E-state index is 0.178. The van der Waals surface area contributed by atoms with Crippen LogP contribution in [0.4, 0.5) is 0 Å². The van der Waals surface area contributed by atoms with Crippen LogP contribution in [0.2, 0.25) is 0 Å². The summed E-state index contributed by atoms with van der Waals surface area (Å²) in [6.07, 6.45) is 5.86. The molecule has 6 heteroatoms. The highest BCUT2D eigenvalue weighted by atomic mass is 32.2. The van der Waals surface area contributed by atoms with Gasteiger partial charge in [0, 0.05) is 31.0 Å². The lowest BCUT2D eigenvalue weighted by molar-refractivity contribution is 0.335. The average molecular weight is 299 g/mol. The summed E-state index contributed by atoms with van der Waals surface area (Å²) in [6, 6.07) is 1.92. The van der Waals surface area contributed by atoms with E-state index in [2.05, 4.69) is 10.3 Å². The molecule has 1 aliphatic rings. The van der Waals surface area contributed by atoms with Crippen LogP contribution in [0.25, 0.3) is 0 Å². The Labute approximate surface area is 121 Å². The van der Waals surface area contributed by atoms with Crippen molar-refractivity contribution >= 4 is 10.0 Å². The van der Waals surface area contributed by atoms with Gasteiger partial charge in [-0.15, -0.1) is 0 Å². The van der Waals surface area contributed by atoms with E-state index in [0.29, 0.717) is 18.0 Å². The third-order valence-corrected chi connectivity index (χ3v) is 5.94. The first-order chi connectivity index (χ1) is 9.59. The van der Waals surface area contributed by atoms with Crippen molar-refractivity contribution in [2.75, 3.05) is 13.1 Å². The molecule has 20 heavy (non-hydrogen) atoms. The van der Waals surface area contributed by atoms with Gasteiger partial charge in [0.1, 0.15) is 0 Å². The van der Waals surface area contributed by atoms with Crippen LogP contribution < -0.4 is 5.32 Å². The maximum absolute atomic E-state index is 12.7. The molecule has 1 aromatic heterocycles. The molecule has 0 amide bonds. The van der Waals surface area contributed by atoms with Crippen molar-refractivity contribution in [2.24, 2.45) is 0 Å². The van der Waals surface area contributed by atoms with Crippen LogP contribution in [0.15, 0.2) is 17.2 Å². The number of hydrogen-bond acceptors (Lipinski definition) is 3. The minimum atomic E-state index is -3.36. The fraction of sp³-hybridized carbons (Fsp3) is 0.714. The molecule has 0 radical (unpaired) electrons. The smallest absolute Gasteiger partial charge is 0.244 e. The normalized spacial score (nSPS) is 17.1. The van der Waals surface area contributed by atoms with Gasteiger partial charge in [0.05, 0.1) is 4.90 Å². The molecule has 1 aliphatic carbocycles. The van der Waals surface area contributed by atoms with Gasteiger partial charge in [-0.05, 0) is 25.5 Å². The number of aromatic amines is 1. The first kappa shape index (κ1) is 15.5. The summed E-state index contributed by atoms with van der Waals surface area (Å²) in [6.45, 7) is 6.02. The number of H-pyrrole nitrogens is 1. The fourth-order valence-electron chi connectivity index (χ4n) is 2.88. The molecule has 0 aliphatic heterocycles. The van der Waals surface area contributed by atoms with E-state index >= 15 is 0 Å². The third kappa shape index (κ3) is 3.24. The molecule has 1 aromatic rings. The predicted molar refractivity (Wildman–Crippen MR) is 80.0 cm³/mol. The standard InChI is InChI=1S/C14H25N3O2S/c1-3-15-10-12-9-14(11-16-12)20(18,19)17(4-2)13-7-5-6-8-13/h9,11,13,15-16H,3-8,10H2,1-2H3. The largest absolute Gasteiger partial charge is 0.363 e. The summed E-state index contributed by atoms with van der Waals surface area (Å²) >= 11 is 0. The van der Waals surface area contributed by atoms with E-state index in [9.17, 15) is 8.42 Å². The molecule has 2 rings (SSSR count). The Morgan fingerprint density at radius 1 is 1.35 bits per heavy atom. The van der Waals surface area contributed by atoms with Gasteiger partial charge < -0.3 is 10.3 Å². The maximum atomic E-state index is 12.7. The zero-order valence-corrected chi connectivity index (χ0v) is 13.2. The second-order valence-electron chi connectivity index (χ2n) is 5.29. The molecule has 0 spiro atoms. The maximum Gasteiger partial charge on any atom is 0.244 e. The van der Waals surface area contributed by atoms with E-state index in [1.165, 1.54) is 0 Å². The van der Waals surface area contributed by atoms with E-state index in [1.54, 1.807) is 16.6 Å². The minimum Gasteiger partial charge on any atom is -0.363 e. The highest BCUT2D eigenvalue weighted by molar-refractivity contribution is 7.89. The van der Waals surface area contributed by atoms with Crippen molar-refractivity contribution in [1.82, 2.24) is 14.6 Å². The van der Waals surface area contributed by atoms with Crippen molar-refractivity contribution < 1.29 is 8.42 Å². The monoisotopic (exact) mass is 299 g/mol. The molecule has 0 bridgehead atoms. The van der Waals surface area contributed by atoms with Crippen LogP contribution in [-0.2, 0) is 16.6 Å². The summed E-state index contributed by atoms with van der Waals surface area (Å²) < 4.78 is 27.1. The highest BCUT2D eigenvalue weighted by Crippen LogP contribution is 2.28. The number of aromatic nitrogens is 1. The van der Waals surface area contributed by atoms with Crippen molar-refractivity contribution in [3.63, 3.8) is 0 Å². The van der Waals surface area contributed by atoms with Crippen LogP contribution >= 0.6 is 0 Å². The molecule has 1 fully saturated rings. The number of hydrogen-bond donors (Lipinski definition) is 2. The summed E-state index contributed by atoms with van der Waals surface area (Å²) in [7, 11) is -3.36. The number of rotatable bonds is 7. The fourth-order valence-corrected chi connectivity index (χ4v) is 4.59. The Bertz CT molecular complexity index is 518. The Morgan fingerprint density at radius 3 is 2.65 bits per heavy atom. The topological polar surface area (TPSA) is 65.2 Å². The number of nitrogens with one attached hydrogen (secondary N) is 2. The molecule has 1 saturated carbocycles. The van der Waals surface area contributed by atoms with E-state index in [1.807, 2.05) is 13.8 Å². The van der Waals surface area contributed by atoms with Gasteiger partial charge >= 0.3 is 0 Å². The van der Waals surface area contributed by atoms with E-state index in [4.69, 9.17) is 0 Å². The zero-order chi connectivity index (χ0) is 14.6. The molecule has 0 unspecified atom stereocenters. The van der Waals surface area contributed by atoms with Crippen molar-refractivity contribution in [3.8, 4) is 0 Å². The molecule has 0 atom stereocenters. The quantitative estimate of drug-likeness (QED) is 0.810. The first-order valence-electron chi connectivity index (χ1n) is 7.49. The molecule has 1 heterocycles. The van der Waals surface area contributed by atoms with Gasteiger partial charge in [-0.3, -0.25) is 0 Å². The molecular formula is C14H25N3O2S. The summed E-state index contributed by atoms with van der Waals surface area (Å²) in [5, 5.41) is 3.19. The number of nitrogens with zero attached hydrogens (tertiary/aromatic N) is 1. The second-order valence-corrected chi connectivity index (χ2v) is 7.18. The van der Waals surface area contributed by atoms with E-state index in [0.717, 1.165) is 37.9 Å². The van der Waals surface area contributed by atoms with Crippen LogP contribution in [0.1, 0.15) is 45.2 Å². The predicted octanol–water partition coefficient (Wildman–Crippen LogP) is 2.08. The third-order valence-electron chi connectivity index (χ3n) is 3.93. The van der Waals surface area contributed by atoms with E-state index < -0.39 is 10.0 Å². The van der Waals surface area contributed by atoms with Crippen LogP contribution in [0.3, 0.4) is 0 Å². The zero-order valence-electron chi connectivity index (χ0n) is 12.4. The van der Waals surface area contributed by atoms with Crippen LogP contribution in [-0.4, -0.2) is 36.8 Å². The van der Waals surface area contributed by atoms with Crippen molar-refractivity contribution in [3.05, 3.63) is 18.0 Å². The SMILES string of the molecule is CCNCc1cc(S(=O)(=O)N(CC)C2CCCC2)c[nH]1. The van der Waals surface area contributed by atoms with Crippen molar-refractivity contribution in [2.45, 2.75) is 57.0 Å². The van der Waals surface area contributed by atoms with Crippen LogP contribution in [0, 0.1) is 0 Å². The van der Waals surface area contributed by atoms with Gasteiger partial charge in [0.2, 0.25) is 10.0 Å². The molecule has 0 saturated heterocycles. The average Bonchev–Trinajstić information content (AvgIpc) is 3.08. The van der Waals surface area contributed by atoms with Gasteiger partial charge in [-0.2, -0.15) is 4.31 Å². The molecule has 2 N–H and O–H groups in total. The summed E-state index contributed by atoms with van der Waals surface area (Å²) in [5.41, 5.74) is 0.910. The van der Waals surface area contributed by atoms with Gasteiger partial charge in [0.25, 0.3) is 0 Å². The first-order valence-corrected chi connectivity index (χ1v) is 8.93. The Hall–Kier alpha value is -0.850.